The number of hydrogen-bond acceptors (Lipinski definition) is 14. The van der Waals surface area contributed by atoms with Crippen molar-refractivity contribution in [2.75, 3.05) is 25.1 Å². The number of halogens is 6. The fraction of sp³-hybridized carbons (Fsp3) is 0.434. The van der Waals surface area contributed by atoms with Crippen LogP contribution in [0.1, 0.15) is 95.7 Å². The van der Waals surface area contributed by atoms with Gasteiger partial charge in [-0.25, -0.2) is 14.4 Å². The number of nitrogens with one attached hydrogen (secondary N) is 2. The van der Waals surface area contributed by atoms with E-state index in [1.54, 1.807) is 58.9 Å². The van der Waals surface area contributed by atoms with Crippen molar-refractivity contribution in [2.45, 2.75) is 124 Å². The van der Waals surface area contributed by atoms with E-state index in [4.69, 9.17) is 73.4 Å². The summed E-state index contributed by atoms with van der Waals surface area (Å²) in [6, 6.07) is 25.6. The number of aromatic hydroxyl groups is 1. The van der Waals surface area contributed by atoms with Crippen molar-refractivity contribution in [2.24, 2.45) is 5.73 Å². The van der Waals surface area contributed by atoms with Crippen molar-refractivity contribution < 1.29 is 108 Å². The van der Waals surface area contributed by atoms with Crippen LogP contribution in [-0.2, 0) is 46.6 Å². The summed E-state index contributed by atoms with van der Waals surface area (Å²) >= 11 is 17.6. The molecule has 0 aliphatic rings. The summed E-state index contributed by atoms with van der Waals surface area (Å²) in [5.74, 6) is -1.83. The van der Waals surface area contributed by atoms with Gasteiger partial charge in [-0.1, -0.05) is 76.6 Å². The van der Waals surface area contributed by atoms with E-state index in [1.807, 2.05) is 88.4 Å². The average Bonchev–Trinajstić information content (AvgIpc) is 3.35. The van der Waals surface area contributed by atoms with Crippen LogP contribution in [0.5, 0.6) is 23.0 Å². The quantitative estimate of drug-likeness (QED) is 0.0165. The number of aliphatic hydroxyl groups is 1. The molecule has 0 heterocycles. The number of phenols is 1. The smallest absolute Gasteiger partial charge is 0.870 e. The van der Waals surface area contributed by atoms with Gasteiger partial charge in [0.25, 0.3) is 0 Å². The molecule has 19 nitrogen and oxygen atoms in total. The molecule has 0 aliphatic carbocycles. The maximum atomic E-state index is 11.7. The summed E-state index contributed by atoms with van der Waals surface area (Å²) in [7, 11) is 0. The Labute approximate surface area is 534 Å². The molecule has 0 radical (unpaired) electrons. The number of nitrogens with two attached hydrogens (primary N) is 1. The number of carboxylic acids is 3. The first-order valence-corrected chi connectivity index (χ1v) is 31.0. The van der Waals surface area contributed by atoms with Crippen LogP contribution in [0.4, 0.5) is 0 Å². The molecule has 0 bridgehead atoms. The molecule has 10 N–H and O–H groups in total. The second-order valence-electron chi connectivity index (χ2n) is 17.7. The molecule has 79 heavy (non-hydrogen) atoms. The number of carbonyl (C=O) groups is 6. The Morgan fingerprint density at radius 3 is 1.29 bits per heavy atom. The number of hydrogen-bond donors (Lipinski definition) is 8. The maximum Gasteiger partial charge on any atom is 1.00 e. The number of ether oxygens (including phenoxy) is 4. The molecular weight excluding hydrogens is 1400 g/mol. The van der Waals surface area contributed by atoms with Gasteiger partial charge in [-0.15, -0.1) is 35.6 Å². The van der Waals surface area contributed by atoms with Gasteiger partial charge in [0.2, 0.25) is 11.8 Å². The molecule has 0 aliphatic heterocycles. The Hall–Kier alpha value is -3.41. The molecule has 26 heteroatoms. The number of aryl methyl sites for hydroxylation is 4. The monoisotopic (exact) mass is 1470 g/mol. The number of benzene rings is 4. The first-order chi connectivity index (χ1) is 35.1. The third-order valence-electron chi connectivity index (χ3n) is 9.33. The van der Waals surface area contributed by atoms with Crippen LogP contribution in [0.3, 0.4) is 0 Å². The molecule has 4 rings (SSSR count). The van der Waals surface area contributed by atoms with Crippen LogP contribution in [0.25, 0.3) is 0 Å². The van der Waals surface area contributed by atoms with E-state index in [1.165, 1.54) is 27.7 Å². The summed E-state index contributed by atoms with van der Waals surface area (Å²) in [5.41, 5.74) is 7.63. The maximum absolute atomic E-state index is 11.7. The topological polar surface area (TPSA) is 321 Å². The van der Waals surface area contributed by atoms with Crippen LogP contribution < -0.4 is 60.1 Å². The Morgan fingerprint density at radius 1 is 0.608 bits per heavy atom. The minimum absolute atomic E-state index is 0. The average molecular weight is 1470 g/mol. The minimum atomic E-state index is -1.29. The van der Waals surface area contributed by atoms with E-state index < -0.39 is 39.0 Å². The van der Waals surface area contributed by atoms with Gasteiger partial charge in [-0.3, -0.25) is 14.4 Å². The predicted octanol–water partition coefficient (Wildman–Crippen LogP) is 7.76. The number of esters is 1. The zero-order chi connectivity index (χ0) is 59.6. The van der Waals surface area contributed by atoms with Crippen molar-refractivity contribution in [1.82, 2.24) is 10.6 Å². The molecule has 0 saturated heterocycles. The van der Waals surface area contributed by atoms with Gasteiger partial charge in [0.1, 0.15) is 45.8 Å². The summed E-state index contributed by atoms with van der Waals surface area (Å²) in [4.78, 5) is 64.6. The number of aliphatic carboxylic acids is 3. The molecule has 4 aromatic carbocycles. The van der Waals surface area contributed by atoms with Crippen molar-refractivity contribution in [1.29, 1.82) is 0 Å². The van der Waals surface area contributed by atoms with Crippen LogP contribution in [-0.4, -0.2) is 113 Å². The number of carboxylic acid groups (broad SMARTS) is 3. The summed E-state index contributed by atoms with van der Waals surface area (Å²) in [6.07, 6.45) is 0. The fourth-order valence-electron chi connectivity index (χ4n) is 4.77. The second-order valence-corrected chi connectivity index (χ2v) is 20.2. The van der Waals surface area contributed by atoms with Gasteiger partial charge >= 0.3 is 53.4 Å². The second kappa shape index (κ2) is 45.1. The molecule has 2 amide bonds. The summed E-state index contributed by atoms with van der Waals surface area (Å²) in [6.45, 7) is 22.7. The summed E-state index contributed by atoms with van der Waals surface area (Å²) in [5, 5.41) is 47.7. The molecular formula is C53H76BrCl3I2N3NaO16. The van der Waals surface area contributed by atoms with E-state index in [-0.39, 0.29) is 83.7 Å². The molecule has 0 fully saturated rings. The van der Waals surface area contributed by atoms with Gasteiger partial charge in [-0.2, -0.15) is 0 Å². The molecule has 0 atom stereocenters. The third kappa shape index (κ3) is 38.8. The molecule has 442 valence electrons. The number of amides is 2. The molecule has 0 aromatic heterocycles. The van der Waals surface area contributed by atoms with Crippen LogP contribution in [0.2, 0.25) is 0 Å². The van der Waals surface area contributed by atoms with Gasteiger partial charge in [-0.05, 0) is 148 Å². The van der Waals surface area contributed by atoms with Gasteiger partial charge in [0.15, 0.2) is 16.8 Å². The van der Waals surface area contributed by atoms with Crippen LogP contribution >= 0.6 is 88.8 Å². The Morgan fingerprint density at radius 2 is 0.975 bits per heavy atom. The zero-order valence-electron chi connectivity index (χ0n) is 47.0. The Balaban J connectivity index is -0.000000208. The first kappa shape index (κ1) is 86.8. The zero-order valence-corrected chi connectivity index (χ0v) is 57.2. The Bertz CT molecular complexity index is 2420. The number of phenolic OH excluding ortho intramolecular Hbond substituents is 1. The largest absolute Gasteiger partial charge is 1.00 e. The van der Waals surface area contributed by atoms with Crippen molar-refractivity contribution >= 4 is 124 Å². The number of rotatable bonds is 17. The minimum Gasteiger partial charge on any atom is -0.870 e. The number of aliphatic hydroxyl groups excluding tert-OH is 1. The predicted molar refractivity (Wildman–Crippen MR) is 327 cm³/mol. The SMILES string of the molecule is CC(C)(Br)C(=O)O.CCOC(=O)C(C)(C)Oc1ccc(CN)cc1C.Cc1cc(CNC(=O)CCl)ccc1OC(C)(C)C(=O)O.Cc1ccccc1O.Cc1ccccc1OC(C)(C)C(=O)O.Cl.II.O=C(CCl)NCO.[Na+].[OH-]. The molecule has 0 spiro atoms. The van der Waals surface area contributed by atoms with Crippen molar-refractivity contribution in [3.8, 4) is 23.0 Å². The normalized spacial score (nSPS) is 10.0. The van der Waals surface area contributed by atoms with Gasteiger partial charge < -0.3 is 66.3 Å². The van der Waals surface area contributed by atoms with Gasteiger partial charge in [0, 0.05) is 50.3 Å². The molecule has 4 aromatic rings. The molecule has 0 unspecified atom stereocenters. The van der Waals surface area contributed by atoms with Gasteiger partial charge in [0.05, 0.1) is 6.61 Å². The van der Waals surface area contributed by atoms with E-state index in [2.05, 4.69) is 63.8 Å². The number of para-hydroxylation sites is 2. The van der Waals surface area contributed by atoms with Crippen molar-refractivity contribution in [3.63, 3.8) is 0 Å². The number of alkyl halides is 3. The van der Waals surface area contributed by atoms with E-state index in [9.17, 15) is 28.8 Å². The van der Waals surface area contributed by atoms with Crippen molar-refractivity contribution in [3.05, 3.63) is 118 Å². The number of carbonyl (C=O) groups excluding carboxylic acids is 3. The van der Waals surface area contributed by atoms with Crippen LogP contribution in [0.15, 0.2) is 84.9 Å². The van der Waals surface area contributed by atoms with E-state index in [0.29, 0.717) is 42.7 Å². The standard InChI is InChI=1S/C14H18ClNO4.C14H21NO3.C11H14O3.C7H8O.C4H7BrO2.C3H6ClNO2.ClH.I2.Na.H2O/c1-9-6-10(8-16-12(17)7-15)4-5-11(9)20-14(2,3)13(18)19;1-5-17-13(16)14(3,4)18-12-7-6-11(9-15)8-10(12)2;1-8-6-4-5-7-9(8)14-11(2,3)10(12)13;1-6-4-2-3-5-7(6)8;1-4(2,5)3(6)7;4-1-3(7)5-2-6;;1-2;;/h4-6H,7-8H2,1-3H3,(H,16,17)(H,18,19);6-8H,5,9,15H2,1-4H3;4-7H,1-3H3,(H,12,13);2-5,8H,1H3;1-2H3,(H,6,7);6H,1-2H2,(H,5,7);1H;;;1H2/q;;;;;;;;+1;/p-1. The third-order valence-corrected chi connectivity index (χ3v) is 10.2. The molecule has 0 saturated carbocycles. The fourth-order valence-corrected chi connectivity index (χ4v) is 4.95. The van der Waals surface area contributed by atoms with E-state index in [0.717, 1.165) is 33.4 Å². The summed E-state index contributed by atoms with van der Waals surface area (Å²) < 4.78 is 20.8. The van der Waals surface area contributed by atoms with E-state index >= 15 is 0 Å². The van der Waals surface area contributed by atoms with Crippen LogP contribution in [0, 0.1) is 27.7 Å². The Kier molecular flexibility index (Phi) is 49.6. The first-order valence-electron chi connectivity index (χ1n) is 22.9.